The fraction of sp³-hybridized carbons (Fsp3) is 0.591. The molecule has 1 aromatic rings. The average Bonchev–Trinajstić information content (AvgIpc) is 2.80. The number of piperazine rings is 1. The zero-order chi connectivity index (χ0) is 23.4. The first-order valence-electron chi connectivity index (χ1n) is 11.2. The zero-order valence-corrected chi connectivity index (χ0v) is 19.5. The van der Waals surface area contributed by atoms with Crippen LogP contribution in [0, 0.1) is 0 Å². The summed E-state index contributed by atoms with van der Waals surface area (Å²) in [6.07, 6.45) is 3.96. The Morgan fingerprint density at radius 2 is 1.72 bits per heavy atom. The molecule has 1 saturated heterocycles. The van der Waals surface area contributed by atoms with E-state index in [9.17, 15) is 22.8 Å². The number of benzene rings is 1. The number of nitrogens with zero attached hydrogens (tertiary/aromatic N) is 2. The van der Waals surface area contributed by atoms with Crippen LogP contribution in [0.25, 0.3) is 0 Å². The normalized spacial score (nSPS) is 19.1. The highest BCUT2D eigenvalue weighted by atomic mass is 32.2. The minimum absolute atomic E-state index is 0.0235. The van der Waals surface area contributed by atoms with Gasteiger partial charge in [0.2, 0.25) is 21.8 Å². The Hall–Kier alpha value is -2.46. The van der Waals surface area contributed by atoms with E-state index in [0.717, 1.165) is 23.6 Å². The number of nitrogens with one attached hydrogen (secondary N) is 2. The van der Waals surface area contributed by atoms with Crippen molar-refractivity contribution in [2.24, 2.45) is 0 Å². The van der Waals surface area contributed by atoms with E-state index in [-0.39, 0.29) is 41.9 Å². The number of sulfonamides is 1. The van der Waals surface area contributed by atoms with Gasteiger partial charge in [0, 0.05) is 31.7 Å². The largest absolute Gasteiger partial charge is 0.354 e. The van der Waals surface area contributed by atoms with E-state index in [4.69, 9.17) is 0 Å². The average molecular weight is 465 g/mol. The fourth-order valence-electron chi connectivity index (χ4n) is 4.40. The fourth-order valence-corrected chi connectivity index (χ4v) is 5.80. The number of likely N-dealkylation sites (N-methyl/N-ethyl adjacent to an activating group) is 1. The molecule has 1 saturated carbocycles. The van der Waals surface area contributed by atoms with Crippen molar-refractivity contribution in [2.45, 2.75) is 56.4 Å². The second kappa shape index (κ2) is 9.99. The van der Waals surface area contributed by atoms with Crippen LogP contribution in [0.5, 0.6) is 0 Å². The minimum Gasteiger partial charge on any atom is -0.354 e. The topological polar surface area (TPSA) is 116 Å². The van der Waals surface area contributed by atoms with Crippen LogP contribution in [-0.4, -0.2) is 73.6 Å². The van der Waals surface area contributed by atoms with Crippen molar-refractivity contribution in [1.29, 1.82) is 0 Å². The van der Waals surface area contributed by atoms with Crippen LogP contribution in [-0.2, 0) is 19.6 Å². The number of hydrogen-bond acceptors (Lipinski definition) is 5. The molecule has 176 valence electrons. The van der Waals surface area contributed by atoms with Gasteiger partial charge in [0.1, 0.15) is 5.54 Å². The van der Waals surface area contributed by atoms with E-state index in [2.05, 4.69) is 10.6 Å². The molecule has 9 nitrogen and oxygen atoms in total. The molecule has 10 heteroatoms. The van der Waals surface area contributed by atoms with Gasteiger partial charge in [-0.3, -0.25) is 14.4 Å². The Balaban J connectivity index is 1.78. The lowest BCUT2D eigenvalue weighted by molar-refractivity contribution is -0.139. The molecule has 0 radical (unpaired) electrons. The van der Waals surface area contributed by atoms with Gasteiger partial charge in [-0.2, -0.15) is 4.31 Å². The van der Waals surface area contributed by atoms with Crippen LogP contribution in [0.1, 0.15) is 56.3 Å². The molecule has 2 fully saturated rings. The smallest absolute Gasteiger partial charge is 0.252 e. The van der Waals surface area contributed by atoms with Gasteiger partial charge in [0.05, 0.1) is 11.4 Å². The summed E-state index contributed by atoms with van der Waals surface area (Å²) >= 11 is 0. The highest BCUT2D eigenvalue weighted by Gasteiger charge is 2.43. The standard InChI is InChI=1S/C22H32N4O5S/c1-3-25(4-2)21(29)22(12-6-5-7-13-22)24-20(28)17-8-10-18(11-9-17)32(30,31)26-15-14-23-19(27)16-26/h8-11H,3-7,12-16H2,1-2H3,(H,23,27)(H,24,28). The lowest BCUT2D eigenvalue weighted by Crippen LogP contribution is -2.60. The first-order valence-corrected chi connectivity index (χ1v) is 12.7. The van der Waals surface area contributed by atoms with Crippen molar-refractivity contribution in [3.05, 3.63) is 29.8 Å². The quantitative estimate of drug-likeness (QED) is 0.627. The molecule has 1 heterocycles. The van der Waals surface area contributed by atoms with Gasteiger partial charge in [-0.15, -0.1) is 0 Å². The summed E-state index contributed by atoms with van der Waals surface area (Å²) in [4.78, 5) is 39.6. The van der Waals surface area contributed by atoms with E-state index >= 15 is 0 Å². The number of amides is 3. The van der Waals surface area contributed by atoms with E-state index in [1.807, 2.05) is 13.8 Å². The molecule has 0 atom stereocenters. The van der Waals surface area contributed by atoms with Crippen molar-refractivity contribution >= 4 is 27.7 Å². The Kier molecular flexibility index (Phi) is 7.55. The predicted octanol–water partition coefficient (Wildman–Crippen LogP) is 1.11. The number of hydrogen-bond donors (Lipinski definition) is 2. The van der Waals surface area contributed by atoms with Crippen molar-refractivity contribution < 1.29 is 22.8 Å². The summed E-state index contributed by atoms with van der Waals surface area (Å²) < 4.78 is 26.7. The van der Waals surface area contributed by atoms with Gasteiger partial charge in [0.15, 0.2) is 0 Å². The Morgan fingerprint density at radius 3 is 2.28 bits per heavy atom. The van der Waals surface area contributed by atoms with Crippen LogP contribution >= 0.6 is 0 Å². The molecule has 1 aliphatic carbocycles. The maximum absolute atomic E-state index is 13.2. The summed E-state index contributed by atoms with van der Waals surface area (Å²) in [6, 6.07) is 5.64. The molecule has 1 aromatic carbocycles. The number of carbonyl (C=O) groups is 3. The molecule has 3 amide bonds. The van der Waals surface area contributed by atoms with E-state index in [0.29, 0.717) is 25.9 Å². The molecule has 0 spiro atoms. The third-order valence-electron chi connectivity index (χ3n) is 6.28. The van der Waals surface area contributed by atoms with Crippen LogP contribution in [0.15, 0.2) is 29.2 Å². The molecule has 0 bridgehead atoms. The molecule has 0 unspecified atom stereocenters. The molecule has 2 aliphatic rings. The summed E-state index contributed by atoms with van der Waals surface area (Å²) in [5.74, 6) is -0.793. The first-order chi connectivity index (χ1) is 15.2. The monoisotopic (exact) mass is 464 g/mol. The molecule has 2 N–H and O–H groups in total. The van der Waals surface area contributed by atoms with Gasteiger partial charge in [-0.05, 0) is 51.0 Å². The molecular weight excluding hydrogens is 432 g/mol. The minimum atomic E-state index is -3.83. The lowest BCUT2D eigenvalue weighted by atomic mass is 9.80. The second-order valence-corrected chi connectivity index (χ2v) is 10.2. The van der Waals surface area contributed by atoms with Gasteiger partial charge in [0.25, 0.3) is 5.91 Å². The number of rotatable bonds is 7. The SMILES string of the molecule is CCN(CC)C(=O)C1(NC(=O)c2ccc(S(=O)(=O)N3CCNC(=O)C3)cc2)CCCCC1. The Bertz CT molecular complexity index is 951. The summed E-state index contributed by atoms with van der Waals surface area (Å²) in [7, 11) is -3.83. The van der Waals surface area contributed by atoms with Gasteiger partial charge in [-0.25, -0.2) is 8.42 Å². The molecular formula is C22H32N4O5S. The van der Waals surface area contributed by atoms with Gasteiger partial charge in [-0.1, -0.05) is 19.3 Å². The second-order valence-electron chi connectivity index (χ2n) is 8.29. The highest BCUT2D eigenvalue weighted by Crippen LogP contribution is 2.31. The third-order valence-corrected chi connectivity index (χ3v) is 8.14. The van der Waals surface area contributed by atoms with Crippen molar-refractivity contribution in [2.75, 3.05) is 32.7 Å². The molecule has 1 aliphatic heterocycles. The predicted molar refractivity (Wildman–Crippen MR) is 119 cm³/mol. The van der Waals surface area contributed by atoms with Crippen LogP contribution in [0.2, 0.25) is 0 Å². The molecule has 3 rings (SSSR count). The van der Waals surface area contributed by atoms with E-state index < -0.39 is 21.5 Å². The summed E-state index contributed by atoms with van der Waals surface area (Å²) in [6.45, 7) is 5.24. The van der Waals surface area contributed by atoms with E-state index in [1.165, 1.54) is 24.3 Å². The van der Waals surface area contributed by atoms with Crippen molar-refractivity contribution in [3.8, 4) is 0 Å². The zero-order valence-electron chi connectivity index (χ0n) is 18.7. The molecule has 0 aromatic heterocycles. The van der Waals surface area contributed by atoms with Gasteiger partial charge >= 0.3 is 0 Å². The van der Waals surface area contributed by atoms with E-state index in [1.54, 1.807) is 4.90 Å². The summed E-state index contributed by atoms with van der Waals surface area (Å²) in [5.41, 5.74) is -0.634. The maximum atomic E-state index is 13.2. The van der Waals surface area contributed by atoms with Gasteiger partial charge < -0.3 is 15.5 Å². The maximum Gasteiger partial charge on any atom is 0.252 e. The number of carbonyl (C=O) groups excluding carboxylic acids is 3. The van der Waals surface area contributed by atoms with Crippen molar-refractivity contribution in [1.82, 2.24) is 19.8 Å². The first kappa shape index (κ1) is 24.2. The Morgan fingerprint density at radius 1 is 1.09 bits per heavy atom. The van der Waals surface area contributed by atoms with Crippen LogP contribution in [0.4, 0.5) is 0 Å². The molecule has 32 heavy (non-hydrogen) atoms. The summed E-state index contributed by atoms with van der Waals surface area (Å²) in [5, 5.41) is 5.58. The van der Waals surface area contributed by atoms with Crippen molar-refractivity contribution in [3.63, 3.8) is 0 Å². The highest BCUT2D eigenvalue weighted by molar-refractivity contribution is 7.89. The van der Waals surface area contributed by atoms with Crippen LogP contribution in [0.3, 0.4) is 0 Å². The lowest BCUT2D eigenvalue weighted by Gasteiger charge is -2.40. The Labute approximate surface area is 189 Å². The van der Waals surface area contributed by atoms with Crippen LogP contribution < -0.4 is 10.6 Å². The third kappa shape index (κ3) is 4.96.